The van der Waals surface area contributed by atoms with E-state index in [4.69, 9.17) is 4.52 Å². The number of hydrogen-bond donors (Lipinski definition) is 1. The van der Waals surface area contributed by atoms with Gasteiger partial charge in [-0.25, -0.2) is 4.39 Å². The lowest BCUT2D eigenvalue weighted by Crippen LogP contribution is -2.08. The van der Waals surface area contributed by atoms with E-state index in [2.05, 4.69) is 15.5 Å². The lowest BCUT2D eigenvalue weighted by atomic mass is 10.1. The van der Waals surface area contributed by atoms with Crippen molar-refractivity contribution in [3.63, 3.8) is 0 Å². The molecule has 0 amide bonds. The smallest absolute Gasteiger partial charge is 0.231 e. The van der Waals surface area contributed by atoms with Gasteiger partial charge in [-0.3, -0.25) is 0 Å². The molecule has 1 aromatic heterocycles. The van der Waals surface area contributed by atoms with E-state index in [1.54, 1.807) is 19.1 Å². The number of aryl methyl sites for hydroxylation is 1. The van der Waals surface area contributed by atoms with Crippen LogP contribution in [0.5, 0.6) is 0 Å². The Morgan fingerprint density at radius 2 is 2.33 bits per heavy atom. The highest BCUT2D eigenvalue weighted by Gasteiger charge is 2.23. The Morgan fingerprint density at radius 1 is 1.44 bits per heavy atom. The number of nitrogens with zero attached hydrogens (tertiary/aromatic N) is 2. The molecule has 1 aliphatic heterocycles. The molecule has 1 fully saturated rings. The van der Waals surface area contributed by atoms with Crippen LogP contribution in [0.1, 0.15) is 23.8 Å². The predicted octanol–water partition coefficient (Wildman–Crippen LogP) is 2.26. The van der Waals surface area contributed by atoms with Crippen LogP contribution in [0, 0.1) is 12.7 Å². The monoisotopic (exact) mass is 247 g/mol. The molecule has 3 rings (SSSR count). The van der Waals surface area contributed by atoms with E-state index >= 15 is 0 Å². The molecule has 0 spiro atoms. The molecule has 1 unspecified atom stereocenters. The number of rotatable bonds is 2. The Hall–Kier alpha value is -1.75. The standard InChI is InChI=1S/C13H14FN3O/c1-8-2-3-9(6-11(8)14)12-16-13(18-17-12)10-4-5-15-7-10/h2-3,6,10,15H,4-5,7H2,1H3. The summed E-state index contributed by atoms with van der Waals surface area (Å²) < 4.78 is 18.7. The van der Waals surface area contributed by atoms with Crippen molar-refractivity contribution in [3.8, 4) is 11.4 Å². The summed E-state index contributed by atoms with van der Waals surface area (Å²) in [7, 11) is 0. The first-order chi connectivity index (χ1) is 8.74. The number of hydrogen-bond acceptors (Lipinski definition) is 4. The lowest BCUT2D eigenvalue weighted by molar-refractivity contribution is 0.359. The van der Waals surface area contributed by atoms with Gasteiger partial charge in [-0.05, 0) is 31.5 Å². The van der Waals surface area contributed by atoms with Gasteiger partial charge in [-0.2, -0.15) is 4.98 Å². The molecular weight excluding hydrogens is 233 g/mol. The SMILES string of the molecule is Cc1ccc(-c2noc(C3CCNC3)n2)cc1F. The fraction of sp³-hybridized carbons (Fsp3) is 0.385. The van der Waals surface area contributed by atoms with E-state index < -0.39 is 0 Å². The van der Waals surface area contributed by atoms with Crippen molar-refractivity contribution in [3.05, 3.63) is 35.5 Å². The van der Waals surface area contributed by atoms with Gasteiger partial charge in [0.2, 0.25) is 11.7 Å². The molecule has 1 atom stereocenters. The Morgan fingerprint density at radius 3 is 3.06 bits per heavy atom. The summed E-state index contributed by atoms with van der Waals surface area (Å²) in [5.74, 6) is 1.12. The van der Waals surface area contributed by atoms with E-state index in [0.29, 0.717) is 22.8 Å². The zero-order chi connectivity index (χ0) is 12.5. The van der Waals surface area contributed by atoms with Gasteiger partial charge in [-0.15, -0.1) is 0 Å². The molecule has 1 N–H and O–H groups in total. The van der Waals surface area contributed by atoms with Gasteiger partial charge in [0.25, 0.3) is 0 Å². The van der Waals surface area contributed by atoms with Crippen LogP contribution in [-0.2, 0) is 0 Å². The summed E-state index contributed by atoms with van der Waals surface area (Å²) in [6, 6.07) is 4.97. The fourth-order valence-electron chi connectivity index (χ4n) is 2.12. The maximum absolute atomic E-state index is 13.5. The zero-order valence-electron chi connectivity index (χ0n) is 10.1. The topological polar surface area (TPSA) is 51.0 Å². The molecule has 4 nitrogen and oxygen atoms in total. The number of nitrogens with one attached hydrogen (secondary N) is 1. The van der Waals surface area contributed by atoms with E-state index in [9.17, 15) is 4.39 Å². The second kappa shape index (κ2) is 4.49. The molecular formula is C13H14FN3O. The number of aromatic nitrogens is 2. The molecule has 2 heterocycles. The van der Waals surface area contributed by atoms with E-state index in [1.807, 2.05) is 0 Å². The average molecular weight is 247 g/mol. The lowest BCUT2D eigenvalue weighted by Gasteiger charge is -1.99. The van der Waals surface area contributed by atoms with Crippen LogP contribution in [0.4, 0.5) is 4.39 Å². The van der Waals surface area contributed by atoms with Crippen molar-refractivity contribution in [2.24, 2.45) is 0 Å². The molecule has 5 heteroatoms. The zero-order valence-corrected chi connectivity index (χ0v) is 10.1. The first-order valence-corrected chi connectivity index (χ1v) is 6.05. The molecule has 18 heavy (non-hydrogen) atoms. The Kier molecular flexibility index (Phi) is 2.83. The fourth-order valence-corrected chi connectivity index (χ4v) is 2.12. The minimum atomic E-state index is -0.249. The van der Waals surface area contributed by atoms with E-state index in [0.717, 1.165) is 19.5 Å². The quantitative estimate of drug-likeness (QED) is 0.884. The third kappa shape index (κ3) is 2.01. The maximum atomic E-state index is 13.5. The van der Waals surface area contributed by atoms with Crippen molar-refractivity contribution in [2.75, 3.05) is 13.1 Å². The minimum absolute atomic E-state index is 0.249. The number of halogens is 1. The number of benzene rings is 1. The summed E-state index contributed by atoms with van der Waals surface area (Å²) in [6.45, 7) is 3.57. The van der Waals surface area contributed by atoms with Crippen LogP contribution in [0.25, 0.3) is 11.4 Å². The van der Waals surface area contributed by atoms with Crippen LogP contribution in [0.2, 0.25) is 0 Å². The van der Waals surface area contributed by atoms with Gasteiger partial charge in [0, 0.05) is 12.1 Å². The van der Waals surface area contributed by atoms with Crippen LogP contribution >= 0.6 is 0 Å². The predicted molar refractivity (Wildman–Crippen MR) is 64.7 cm³/mol. The summed E-state index contributed by atoms with van der Waals surface area (Å²) >= 11 is 0. The Bertz CT molecular complexity index is 561. The third-order valence-electron chi connectivity index (χ3n) is 3.28. The van der Waals surface area contributed by atoms with E-state index in [1.165, 1.54) is 6.07 Å². The maximum Gasteiger partial charge on any atom is 0.231 e. The van der Waals surface area contributed by atoms with Crippen molar-refractivity contribution in [1.29, 1.82) is 0 Å². The largest absolute Gasteiger partial charge is 0.339 e. The van der Waals surface area contributed by atoms with Crippen LogP contribution in [-0.4, -0.2) is 23.2 Å². The Balaban J connectivity index is 1.89. The van der Waals surface area contributed by atoms with Crippen molar-refractivity contribution < 1.29 is 8.91 Å². The molecule has 2 aromatic rings. The highest BCUT2D eigenvalue weighted by Crippen LogP contribution is 2.24. The molecule has 1 aromatic carbocycles. The van der Waals surface area contributed by atoms with Crippen molar-refractivity contribution in [1.82, 2.24) is 15.5 Å². The molecule has 0 saturated carbocycles. The van der Waals surface area contributed by atoms with Gasteiger partial charge in [0.05, 0.1) is 5.92 Å². The molecule has 0 radical (unpaired) electrons. The first-order valence-electron chi connectivity index (χ1n) is 6.05. The van der Waals surface area contributed by atoms with E-state index in [-0.39, 0.29) is 11.7 Å². The first kappa shape index (κ1) is 11.3. The normalized spacial score (nSPS) is 19.3. The van der Waals surface area contributed by atoms with Crippen LogP contribution in [0.15, 0.2) is 22.7 Å². The molecule has 94 valence electrons. The van der Waals surface area contributed by atoms with Gasteiger partial charge in [0.1, 0.15) is 5.82 Å². The summed E-state index contributed by atoms with van der Waals surface area (Å²) in [4.78, 5) is 4.35. The van der Waals surface area contributed by atoms with Crippen LogP contribution in [0.3, 0.4) is 0 Å². The van der Waals surface area contributed by atoms with Gasteiger partial charge in [0.15, 0.2) is 0 Å². The minimum Gasteiger partial charge on any atom is -0.339 e. The van der Waals surface area contributed by atoms with Gasteiger partial charge in [-0.1, -0.05) is 17.3 Å². The van der Waals surface area contributed by atoms with Crippen molar-refractivity contribution >= 4 is 0 Å². The molecule has 0 bridgehead atoms. The summed E-state index contributed by atoms with van der Waals surface area (Å²) in [5.41, 5.74) is 1.27. The van der Waals surface area contributed by atoms with Gasteiger partial charge < -0.3 is 9.84 Å². The van der Waals surface area contributed by atoms with Crippen LogP contribution < -0.4 is 5.32 Å². The summed E-state index contributed by atoms with van der Waals surface area (Å²) in [6.07, 6.45) is 1.00. The Labute approximate surface area is 104 Å². The second-order valence-corrected chi connectivity index (χ2v) is 4.61. The van der Waals surface area contributed by atoms with Gasteiger partial charge >= 0.3 is 0 Å². The second-order valence-electron chi connectivity index (χ2n) is 4.61. The average Bonchev–Trinajstić information content (AvgIpc) is 3.01. The highest BCUT2D eigenvalue weighted by molar-refractivity contribution is 5.55. The molecule has 1 saturated heterocycles. The highest BCUT2D eigenvalue weighted by atomic mass is 19.1. The molecule has 0 aliphatic carbocycles. The summed E-state index contributed by atoms with van der Waals surface area (Å²) in [5, 5.41) is 7.17. The molecule has 1 aliphatic rings. The third-order valence-corrected chi connectivity index (χ3v) is 3.28. The van der Waals surface area contributed by atoms with Crippen molar-refractivity contribution in [2.45, 2.75) is 19.3 Å².